The summed E-state index contributed by atoms with van der Waals surface area (Å²) in [5.41, 5.74) is 11.9. The lowest BCUT2D eigenvalue weighted by atomic mass is 10.0. The van der Waals surface area contributed by atoms with Gasteiger partial charge < -0.3 is 20.9 Å². The Kier molecular flexibility index (Phi) is 4.90. The number of H-pyrrole nitrogens is 1. The first-order chi connectivity index (χ1) is 15.4. The number of rotatable bonds is 4. The Morgan fingerprint density at radius 3 is 2.69 bits per heavy atom. The van der Waals surface area contributed by atoms with Crippen LogP contribution in [0.5, 0.6) is 0 Å². The number of hydrogen-bond acceptors (Lipinski definition) is 5. The molecule has 0 aliphatic carbocycles. The lowest BCUT2D eigenvalue weighted by molar-refractivity contribution is 0.102. The molecule has 0 bridgehead atoms. The van der Waals surface area contributed by atoms with Crippen molar-refractivity contribution >= 4 is 28.3 Å². The maximum absolute atomic E-state index is 13.3. The van der Waals surface area contributed by atoms with Gasteiger partial charge in [-0.1, -0.05) is 30.3 Å². The summed E-state index contributed by atoms with van der Waals surface area (Å²) in [6, 6.07) is 15.5. The van der Waals surface area contributed by atoms with Crippen LogP contribution in [0.4, 0.5) is 11.4 Å². The normalized spacial score (nSPS) is 18.3. The van der Waals surface area contributed by atoms with E-state index in [2.05, 4.69) is 20.2 Å². The van der Waals surface area contributed by atoms with Crippen LogP contribution in [-0.2, 0) is 0 Å². The lowest BCUT2D eigenvalue weighted by Gasteiger charge is -2.25. The predicted octanol–water partition coefficient (Wildman–Crippen LogP) is 4.11. The summed E-state index contributed by atoms with van der Waals surface area (Å²) in [5.74, 6) is 0.482. The summed E-state index contributed by atoms with van der Waals surface area (Å²) in [7, 11) is 0. The molecule has 1 saturated heterocycles. The van der Waals surface area contributed by atoms with Gasteiger partial charge in [0.15, 0.2) is 0 Å². The van der Waals surface area contributed by atoms with E-state index in [-0.39, 0.29) is 11.4 Å². The number of nitrogens with two attached hydrogens (primary N) is 1. The van der Waals surface area contributed by atoms with Gasteiger partial charge in [-0.25, -0.2) is 4.98 Å². The number of amides is 1. The smallest absolute Gasteiger partial charge is 0.259 e. The van der Waals surface area contributed by atoms with Gasteiger partial charge in [0, 0.05) is 36.7 Å². The summed E-state index contributed by atoms with van der Waals surface area (Å²) >= 11 is 0. The highest BCUT2D eigenvalue weighted by Gasteiger charge is 2.34. The summed E-state index contributed by atoms with van der Waals surface area (Å²) in [6.07, 6.45) is 4.23. The van der Waals surface area contributed by atoms with Gasteiger partial charge in [0.25, 0.3) is 5.91 Å². The van der Waals surface area contributed by atoms with Crippen molar-refractivity contribution in [3.63, 3.8) is 0 Å². The lowest BCUT2D eigenvalue weighted by Crippen LogP contribution is -2.39. The molecule has 5 rings (SSSR count). The van der Waals surface area contributed by atoms with Crippen molar-refractivity contribution in [1.29, 1.82) is 0 Å². The molecule has 0 spiro atoms. The Balaban J connectivity index is 1.64. The molecule has 4 N–H and O–H groups in total. The van der Waals surface area contributed by atoms with E-state index in [1.165, 1.54) is 0 Å². The van der Waals surface area contributed by atoms with E-state index in [1.54, 1.807) is 12.4 Å². The molecule has 0 radical (unpaired) electrons. The number of carbonyl (C=O) groups is 1. The number of nitrogens with zero attached hydrogens (tertiary/aromatic N) is 3. The molecule has 162 valence electrons. The van der Waals surface area contributed by atoms with Crippen LogP contribution >= 0.6 is 0 Å². The Hall–Kier alpha value is -3.71. The molecule has 4 aromatic rings. The number of nitrogens with one attached hydrogen (secondary N) is 2. The molecule has 1 aliphatic heterocycles. The number of benzene rings is 2. The minimum Gasteiger partial charge on any atom is -0.368 e. The van der Waals surface area contributed by atoms with Crippen molar-refractivity contribution in [3.8, 4) is 11.4 Å². The third-order valence-electron chi connectivity index (χ3n) is 5.98. The molecule has 32 heavy (non-hydrogen) atoms. The number of aryl methyl sites for hydroxylation is 1. The van der Waals surface area contributed by atoms with E-state index >= 15 is 0 Å². The fraction of sp³-hybridized carbons (Fsp3) is 0.240. The maximum Gasteiger partial charge on any atom is 0.259 e. The fourth-order valence-electron chi connectivity index (χ4n) is 4.33. The Morgan fingerprint density at radius 2 is 1.97 bits per heavy atom. The first-order valence-corrected chi connectivity index (χ1v) is 10.8. The minimum absolute atomic E-state index is 0.210. The van der Waals surface area contributed by atoms with Gasteiger partial charge in [-0.2, -0.15) is 0 Å². The van der Waals surface area contributed by atoms with Crippen molar-refractivity contribution in [2.45, 2.75) is 25.8 Å². The number of aromatic nitrogens is 3. The second-order valence-corrected chi connectivity index (χ2v) is 8.79. The van der Waals surface area contributed by atoms with Crippen LogP contribution in [-0.4, -0.2) is 39.5 Å². The summed E-state index contributed by atoms with van der Waals surface area (Å²) in [4.78, 5) is 28.2. The fourth-order valence-corrected chi connectivity index (χ4v) is 4.33. The molecule has 1 amide bonds. The van der Waals surface area contributed by atoms with Gasteiger partial charge in [0.1, 0.15) is 5.82 Å². The van der Waals surface area contributed by atoms with Crippen LogP contribution in [0.25, 0.3) is 22.4 Å². The molecule has 1 atom stereocenters. The second kappa shape index (κ2) is 7.76. The van der Waals surface area contributed by atoms with E-state index in [0.717, 1.165) is 46.5 Å². The second-order valence-electron chi connectivity index (χ2n) is 8.79. The molecule has 0 saturated carbocycles. The van der Waals surface area contributed by atoms with E-state index < -0.39 is 0 Å². The van der Waals surface area contributed by atoms with Gasteiger partial charge in [0.2, 0.25) is 0 Å². The van der Waals surface area contributed by atoms with Crippen LogP contribution in [0.2, 0.25) is 0 Å². The predicted molar refractivity (Wildman–Crippen MR) is 128 cm³/mol. The van der Waals surface area contributed by atoms with Crippen LogP contribution in [0.3, 0.4) is 0 Å². The number of pyridine rings is 1. The van der Waals surface area contributed by atoms with Gasteiger partial charge in [0.05, 0.1) is 27.8 Å². The molecule has 0 unspecified atom stereocenters. The van der Waals surface area contributed by atoms with Crippen molar-refractivity contribution in [2.75, 3.05) is 23.3 Å². The Morgan fingerprint density at radius 1 is 1.16 bits per heavy atom. The highest BCUT2D eigenvalue weighted by Crippen LogP contribution is 2.37. The quantitative estimate of drug-likeness (QED) is 0.456. The largest absolute Gasteiger partial charge is 0.368 e. The monoisotopic (exact) mass is 426 g/mol. The SMILES string of the molecule is Cc1cccc2[nH]c(-c3cncc(C(=O)Nc4ccccc4)c3N3CC[C@](C)(N)C3)nc12. The van der Waals surface area contributed by atoms with Crippen molar-refractivity contribution in [1.82, 2.24) is 15.0 Å². The summed E-state index contributed by atoms with van der Waals surface area (Å²) < 4.78 is 0. The first kappa shape index (κ1) is 20.2. The number of carbonyl (C=O) groups excluding carboxylic acids is 1. The van der Waals surface area contributed by atoms with Gasteiger partial charge in [-0.05, 0) is 44.0 Å². The number of imidazole rings is 1. The highest BCUT2D eigenvalue weighted by molar-refractivity contribution is 6.10. The average molecular weight is 427 g/mol. The zero-order valence-corrected chi connectivity index (χ0v) is 18.2. The topological polar surface area (TPSA) is 99.9 Å². The third-order valence-corrected chi connectivity index (χ3v) is 5.98. The molecule has 3 heterocycles. The molecular formula is C25H26N6O. The van der Waals surface area contributed by atoms with E-state index in [0.29, 0.717) is 17.9 Å². The van der Waals surface area contributed by atoms with Crippen LogP contribution in [0.15, 0.2) is 60.9 Å². The molecule has 2 aromatic carbocycles. The molecule has 7 nitrogen and oxygen atoms in total. The van der Waals surface area contributed by atoms with Crippen molar-refractivity contribution in [3.05, 3.63) is 72.1 Å². The Labute approximate surface area is 186 Å². The third kappa shape index (κ3) is 3.71. The number of aromatic amines is 1. The average Bonchev–Trinajstić information content (AvgIpc) is 3.38. The van der Waals surface area contributed by atoms with Gasteiger partial charge in [-0.3, -0.25) is 9.78 Å². The molecule has 1 fully saturated rings. The molecule has 1 aliphatic rings. The van der Waals surface area contributed by atoms with Crippen LogP contribution in [0.1, 0.15) is 29.3 Å². The zero-order chi connectivity index (χ0) is 22.3. The van der Waals surface area contributed by atoms with Crippen LogP contribution < -0.4 is 16.0 Å². The van der Waals surface area contributed by atoms with E-state index in [4.69, 9.17) is 10.7 Å². The minimum atomic E-state index is -0.321. The van der Waals surface area contributed by atoms with Crippen LogP contribution in [0, 0.1) is 6.92 Å². The Bertz CT molecular complexity index is 1290. The maximum atomic E-state index is 13.3. The number of para-hydroxylation sites is 2. The van der Waals surface area contributed by atoms with Gasteiger partial charge in [-0.15, -0.1) is 0 Å². The highest BCUT2D eigenvalue weighted by atomic mass is 16.1. The first-order valence-electron chi connectivity index (χ1n) is 10.8. The van der Waals surface area contributed by atoms with E-state index in [1.807, 2.05) is 62.4 Å². The molecule has 2 aromatic heterocycles. The summed E-state index contributed by atoms with van der Waals surface area (Å²) in [5, 5.41) is 2.99. The number of anilines is 2. The summed E-state index contributed by atoms with van der Waals surface area (Å²) in [6.45, 7) is 5.49. The zero-order valence-electron chi connectivity index (χ0n) is 18.2. The molecular weight excluding hydrogens is 400 g/mol. The number of fused-ring (bicyclic) bond motifs is 1. The molecule has 7 heteroatoms. The standard InChI is InChI=1S/C25H26N6O/c1-16-7-6-10-20-21(16)30-23(29-20)18-13-27-14-19(22(18)31-12-11-25(2,26)15-31)24(32)28-17-8-4-3-5-9-17/h3-10,13-14H,11-12,15,26H2,1-2H3,(H,28,32)(H,29,30)/t25-/m0/s1. The van der Waals surface area contributed by atoms with E-state index in [9.17, 15) is 4.79 Å². The number of hydrogen-bond donors (Lipinski definition) is 3. The van der Waals surface area contributed by atoms with Crippen molar-refractivity contribution < 1.29 is 4.79 Å². The van der Waals surface area contributed by atoms with Crippen molar-refractivity contribution in [2.24, 2.45) is 5.73 Å². The van der Waals surface area contributed by atoms with Gasteiger partial charge >= 0.3 is 0 Å².